The normalized spacial score (nSPS) is 11.9. The van der Waals surface area contributed by atoms with Gasteiger partial charge in [0.1, 0.15) is 0 Å². The SMILES string of the molecule is CC.CNCCNCc1cc2c(cc1N)OCO2. The van der Waals surface area contributed by atoms with Crippen LogP contribution in [0.5, 0.6) is 11.5 Å². The molecule has 0 fully saturated rings. The van der Waals surface area contributed by atoms with Crippen molar-refractivity contribution in [3.63, 3.8) is 0 Å². The van der Waals surface area contributed by atoms with Crippen LogP contribution in [0.2, 0.25) is 0 Å². The summed E-state index contributed by atoms with van der Waals surface area (Å²) in [6, 6.07) is 3.75. The third-order valence-electron chi connectivity index (χ3n) is 2.50. The molecule has 0 unspecified atom stereocenters. The maximum absolute atomic E-state index is 5.92. The monoisotopic (exact) mass is 253 g/mol. The number of nitrogens with one attached hydrogen (secondary N) is 2. The number of benzene rings is 1. The van der Waals surface area contributed by atoms with E-state index in [9.17, 15) is 0 Å². The zero-order valence-electron chi connectivity index (χ0n) is 11.4. The number of fused-ring (bicyclic) bond motifs is 1. The minimum atomic E-state index is 0.283. The van der Waals surface area contributed by atoms with Gasteiger partial charge in [-0.15, -0.1) is 0 Å². The minimum Gasteiger partial charge on any atom is -0.454 e. The van der Waals surface area contributed by atoms with Crippen molar-refractivity contribution >= 4 is 5.69 Å². The zero-order valence-corrected chi connectivity index (χ0v) is 11.4. The summed E-state index contributed by atoms with van der Waals surface area (Å²) in [6.07, 6.45) is 0. The predicted molar refractivity (Wildman–Crippen MR) is 74.0 cm³/mol. The zero-order chi connectivity index (χ0) is 13.4. The molecule has 0 bridgehead atoms. The Labute approximate surface area is 109 Å². The molecule has 5 heteroatoms. The molecule has 0 amide bonds. The molecule has 1 aliphatic heterocycles. The second-order valence-corrected chi connectivity index (χ2v) is 3.68. The van der Waals surface area contributed by atoms with Crippen molar-refractivity contribution < 1.29 is 9.47 Å². The van der Waals surface area contributed by atoms with Gasteiger partial charge in [0, 0.05) is 31.4 Å². The van der Waals surface area contributed by atoms with Crippen LogP contribution in [0.25, 0.3) is 0 Å². The van der Waals surface area contributed by atoms with Crippen LogP contribution in [0.4, 0.5) is 5.69 Å². The molecule has 1 heterocycles. The highest BCUT2D eigenvalue weighted by molar-refractivity contribution is 5.58. The van der Waals surface area contributed by atoms with E-state index in [1.165, 1.54) is 0 Å². The lowest BCUT2D eigenvalue weighted by Crippen LogP contribution is -2.24. The molecular formula is C13H23N3O2. The Morgan fingerprint density at radius 3 is 2.50 bits per heavy atom. The van der Waals surface area contributed by atoms with Gasteiger partial charge in [-0.3, -0.25) is 0 Å². The van der Waals surface area contributed by atoms with Gasteiger partial charge in [-0.2, -0.15) is 0 Å². The number of hydrogen-bond acceptors (Lipinski definition) is 5. The van der Waals surface area contributed by atoms with Crippen LogP contribution in [0, 0.1) is 0 Å². The first-order valence-electron chi connectivity index (χ1n) is 6.34. The summed E-state index contributed by atoms with van der Waals surface area (Å²) in [5, 5.41) is 6.37. The molecule has 0 saturated heterocycles. The first kappa shape index (κ1) is 14.6. The van der Waals surface area contributed by atoms with Gasteiger partial charge in [-0.25, -0.2) is 0 Å². The molecule has 0 saturated carbocycles. The largest absolute Gasteiger partial charge is 0.454 e. The van der Waals surface area contributed by atoms with E-state index in [-0.39, 0.29) is 6.79 Å². The number of anilines is 1. The molecule has 0 spiro atoms. The Morgan fingerprint density at radius 2 is 1.83 bits per heavy atom. The second-order valence-electron chi connectivity index (χ2n) is 3.68. The molecule has 0 atom stereocenters. The summed E-state index contributed by atoms with van der Waals surface area (Å²) in [6.45, 7) is 6.87. The van der Waals surface area contributed by atoms with Crippen LogP contribution in [0.3, 0.4) is 0 Å². The van der Waals surface area contributed by atoms with Crippen LogP contribution >= 0.6 is 0 Å². The van der Waals surface area contributed by atoms with Gasteiger partial charge in [-0.05, 0) is 18.7 Å². The maximum atomic E-state index is 5.92. The lowest BCUT2D eigenvalue weighted by Gasteiger charge is -2.08. The molecule has 5 nitrogen and oxygen atoms in total. The van der Waals surface area contributed by atoms with E-state index < -0.39 is 0 Å². The molecule has 2 rings (SSSR count). The van der Waals surface area contributed by atoms with Gasteiger partial charge in [0.2, 0.25) is 6.79 Å². The first-order chi connectivity index (χ1) is 8.81. The average molecular weight is 253 g/mol. The van der Waals surface area contributed by atoms with Crippen molar-refractivity contribution in [2.24, 2.45) is 0 Å². The summed E-state index contributed by atoms with van der Waals surface area (Å²) >= 11 is 0. The molecule has 1 aromatic rings. The highest BCUT2D eigenvalue weighted by Gasteiger charge is 2.15. The molecule has 18 heavy (non-hydrogen) atoms. The van der Waals surface area contributed by atoms with Gasteiger partial charge >= 0.3 is 0 Å². The predicted octanol–water partition coefficient (Wildman–Crippen LogP) is 1.33. The molecule has 0 radical (unpaired) electrons. The van der Waals surface area contributed by atoms with Gasteiger partial charge in [0.25, 0.3) is 0 Å². The van der Waals surface area contributed by atoms with E-state index in [4.69, 9.17) is 15.2 Å². The quantitative estimate of drug-likeness (QED) is 0.545. The molecule has 0 aliphatic carbocycles. The average Bonchev–Trinajstić information content (AvgIpc) is 2.84. The lowest BCUT2D eigenvalue weighted by molar-refractivity contribution is 0.174. The summed E-state index contributed by atoms with van der Waals surface area (Å²) < 4.78 is 10.5. The van der Waals surface area contributed by atoms with Crippen LogP contribution in [-0.4, -0.2) is 26.9 Å². The standard InChI is InChI=1S/C11H17N3O2.C2H6/c1-13-2-3-14-6-8-4-10-11(5-9(8)12)16-7-15-10;1-2/h4-5,13-14H,2-3,6-7,12H2,1H3;1-2H3. The van der Waals surface area contributed by atoms with Crippen molar-refractivity contribution in [3.05, 3.63) is 17.7 Å². The van der Waals surface area contributed by atoms with E-state index in [0.717, 1.165) is 42.4 Å². The highest BCUT2D eigenvalue weighted by Crippen LogP contribution is 2.35. The summed E-state index contributed by atoms with van der Waals surface area (Å²) in [4.78, 5) is 0. The van der Waals surface area contributed by atoms with E-state index in [0.29, 0.717) is 0 Å². The Kier molecular flexibility index (Phi) is 6.32. The number of likely N-dealkylation sites (N-methyl/N-ethyl adjacent to an activating group) is 1. The number of rotatable bonds is 5. The minimum absolute atomic E-state index is 0.283. The third-order valence-corrected chi connectivity index (χ3v) is 2.50. The Balaban J connectivity index is 0.000000771. The third kappa shape index (κ3) is 3.78. The van der Waals surface area contributed by atoms with Crippen LogP contribution in [0.15, 0.2) is 12.1 Å². The van der Waals surface area contributed by atoms with Crippen molar-refractivity contribution in [1.29, 1.82) is 0 Å². The van der Waals surface area contributed by atoms with Gasteiger partial charge < -0.3 is 25.8 Å². The molecule has 4 N–H and O–H groups in total. The highest BCUT2D eigenvalue weighted by atomic mass is 16.7. The van der Waals surface area contributed by atoms with Crippen molar-refractivity contribution in [2.75, 3.05) is 32.7 Å². The maximum Gasteiger partial charge on any atom is 0.231 e. The van der Waals surface area contributed by atoms with Gasteiger partial charge in [0.05, 0.1) is 0 Å². The van der Waals surface area contributed by atoms with Crippen molar-refractivity contribution in [2.45, 2.75) is 20.4 Å². The fourth-order valence-corrected chi connectivity index (χ4v) is 1.59. The van der Waals surface area contributed by atoms with Crippen molar-refractivity contribution in [3.8, 4) is 11.5 Å². The van der Waals surface area contributed by atoms with Crippen molar-refractivity contribution in [1.82, 2.24) is 10.6 Å². The Hall–Kier alpha value is -1.46. The Morgan fingerprint density at radius 1 is 1.17 bits per heavy atom. The molecule has 102 valence electrons. The smallest absolute Gasteiger partial charge is 0.231 e. The van der Waals surface area contributed by atoms with E-state index in [1.807, 2.05) is 33.0 Å². The molecule has 1 aliphatic rings. The number of hydrogen-bond donors (Lipinski definition) is 3. The fraction of sp³-hybridized carbons (Fsp3) is 0.538. The summed E-state index contributed by atoms with van der Waals surface area (Å²) in [7, 11) is 1.93. The molecule has 0 aromatic heterocycles. The number of nitrogen functional groups attached to an aromatic ring is 1. The topological polar surface area (TPSA) is 68.5 Å². The molecule has 1 aromatic carbocycles. The van der Waals surface area contributed by atoms with E-state index >= 15 is 0 Å². The summed E-state index contributed by atoms with van der Waals surface area (Å²) in [5.41, 5.74) is 7.70. The summed E-state index contributed by atoms with van der Waals surface area (Å²) in [5.74, 6) is 1.51. The lowest BCUT2D eigenvalue weighted by atomic mass is 10.1. The van der Waals surface area contributed by atoms with Crippen LogP contribution in [0.1, 0.15) is 19.4 Å². The number of ether oxygens (including phenoxy) is 2. The first-order valence-corrected chi connectivity index (χ1v) is 6.34. The van der Waals surface area contributed by atoms with E-state index in [2.05, 4.69) is 10.6 Å². The molecular weight excluding hydrogens is 230 g/mol. The fourth-order valence-electron chi connectivity index (χ4n) is 1.59. The number of nitrogens with two attached hydrogens (primary N) is 1. The van der Waals surface area contributed by atoms with Crippen LogP contribution in [-0.2, 0) is 6.54 Å². The van der Waals surface area contributed by atoms with Crippen LogP contribution < -0.4 is 25.8 Å². The van der Waals surface area contributed by atoms with Gasteiger partial charge in [0.15, 0.2) is 11.5 Å². The van der Waals surface area contributed by atoms with E-state index in [1.54, 1.807) is 0 Å². The van der Waals surface area contributed by atoms with Gasteiger partial charge in [-0.1, -0.05) is 13.8 Å². The Bertz CT molecular complexity index is 369. The second kappa shape index (κ2) is 7.79.